The first-order valence-corrected chi connectivity index (χ1v) is 14.9. The average molecular weight is 708 g/mol. The van der Waals surface area contributed by atoms with Crippen LogP contribution in [0.5, 0.6) is 0 Å². The van der Waals surface area contributed by atoms with Crippen molar-refractivity contribution < 1.29 is 104 Å². The molecule has 48 heavy (non-hydrogen) atoms. The maximum Gasteiger partial charge on any atom is 0.217 e. The maximum absolute atomic E-state index is 12.6. The second-order valence-corrected chi connectivity index (χ2v) is 11.5. The summed E-state index contributed by atoms with van der Waals surface area (Å²) in [7, 11) is 0. The Hall–Kier alpha value is -1.62. The van der Waals surface area contributed by atoms with Gasteiger partial charge in [0.05, 0.1) is 26.4 Å². The van der Waals surface area contributed by atoms with Gasteiger partial charge in [-0.2, -0.15) is 0 Å². The van der Waals surface area contributed by atoms with Gasteiger partial charge in [-0.1, -0.05) is 0 Å². The molecule has 3 saturated heterocycles. The molecule has 3 aliphatic heterocycles. The zero-order valence-electron chi connectivity index (χ0n) is 25.5. The van der Waals surface area contributed by atoms with Gasteiger partial charge in [0, 0.05) is 6.92 Å². The van der Waals surface area contributed by atoms with Gasteiger partial charge < -0.3 is 105 Å². The molecule has 0 aromatic rings. The van der Waals surface area contributed by atoms with E-state index in [2.05, 4.69) is 5.32 Å². The monoisotopic (exact) mass is 707 g/mol. The third-order valence-electron chi connectivity index (χ3n) is 8.17. The van der Waals surface area contributed by atoms with E-state index in [1.54, 1.807) is 0 Å². The summed E-state index contributed by atoms with van der Waals surface area (Å²) in [5.74, 6) is -0.781. The van der Waals surface area contributed by atoms with E-state index in [0.717, 1.165) is 6.92 Å². The van der Waals surface area contributed by atoms with E-state index in [-0.39, 0.29) is 6.29 Å². The summed E-state index contributed by atoms with van der Waals surface area (Å²) in [5.41, 5.74) is 0. The van der Waals surface area contributed by atoms with Crippen molar-refractivity contribution in [2.24, 2.45) is 0 Å². The van der Waals surface area contributed by atoms with E-state index in [9.17, 15) is 76.0 Å². The van der Waals surface area contributed by atoms with Crippen molar-refractivity contribution in [2.75, 3.05) is 26.4 Å². The molecular formula is C26H45NO21. The molecule has 0 radical (unpaired) electrons. The van der Waals surface area contributed by atoms with E-state index in [1.807, 2.05) is 0 Å². The largest absolute Gasteiger partial charge is 0.394 e. The van der Waals surface area contributed by atoms with Crippen LogP contribution in [-0.4, -0.2) is 221 Å². The van der Waals surface area contributed by atoms with Gasteiger partial charge in [0.15, 0.2) is 25.2 Å². The maximum atomic E-state index is 12.6. The molecule has 3 aliphatic rings. The van der Waals surface area contributed by atoms with Crippen molar-refractivity contribution in [1.82, 2.24) is 5.32 Å². The van der Waals surface area contributed by atoms with E-state index in [1.165, 1.54) is 0 Å². The highest BCUT2D eigenvalue weighted by Gasteiger charge is 2.53. The lowest BCUT2D eigenvalue weighted by atomic mass is 9.96. The minimum Gasteiger partial charge on any atom is -0.394 e. The van der Waals surface area contributed by atoms with Crippen LogP contribution in [0.25, 0.3) is 0 Å². The third-order valence-corrected chi connectivity index (χ3v) is 8.17. The number of aliphatic hydroxyl groups excluding tert-OH is 13. The standard InChI is InChI=1S/C26H45NO21/c1-7(33)27-13-17(38)14(35)9(3-29)43-24(13)47-22(8(34)2-28)23(48-26-21(42)19(40)16(37)11(5-31)45-26)12(6-32)46-25-20(41)18(39)15(36)10(4-30)44-25/h6,8-26,28-31,34-42H,2-5H2,1H3,(H,27,33)/t8-,9-,10-,11-,12+,13-,14+,15+,16+,17-,18+,19+,20-,21-,22-,23-,24+,25+,26-/m1/s1. The molecule has 0 aliphatic carbocycles. The van der Waals surface area contributed by atoms with Crippen LogP contribution in [0, 0.1) is 0 Å². The Morgan fingerprint density at radius 3 is 1.48 bits per heavy atom. The zero-order valence-corrected chi connectivity index (χ0v) is 25.5. The second-order valence-electron chi connectivity index (χ2n) is 11.5. The zero-order chi connectivity index (χ0) is 36.0. The Labute approximate surface area is 272 Å². The first-order valence-electron chi connectivity index (χ1n) is 14.9. The number of ether oxygens (including phenoxy) is 6. The molecule has 280 valence electrons. The van der Waals surface area contributed by atoms with E-state index in [0.29, 0.717) is 0 Å². The number of carbonyl (C=O) groups is 2. The molecule has 0 aromatic carbocycles. The van der Waals surface area contributed by atoms with Crippen LogP contribution in [0.1, 0.15) is 6.92 Å². The lowest BCUT2D eigenvalue weighted by molar-refractivity contribution is -0.357. The third kappa shape index (κ3) is 8.99. The van der Waals surface area contributed by atoms with Crippen LogP contribution in [0.2, 0.25) is 0 Å². The fraction of sp³-hybridized carbons (Fsp3) is 0.923. The second kappa shape index (κ2) is 18.0. The predicted octanol–water partition coefficient (Wildman–Crippen LogP) is -9.76. The highest BCUT2D eigenvalue weighted by molar-refractivity contribution is 5.73. The molecule has 14 N–H and O–H groups in total. The molecule has 0 bridgehead atoms. The quantitative estimate of drug-likeness (QED) is 0.0702. The number of nitrogens with one attached hydrogen (secondary N) is 1. The van der Waals surface area contributed by atoms with E-state index >= 15 is 0 Å². The lowest BCUT2D eigenvalue weighted by Crippen LogP contribution is -2.67. The molecule has 22 nitrogen and oxygen atoms in total. The summed E-state index contributed by atoms with van der Waals surface area (Å²) in [6.07, 6.45) is -35.0. The summed E-state index contributed by atoms with van der Waals surface area (Å²) in [5, 5.41) is 135. The molecule has 19 atom stereocenters. The molecule has 0 aromatic heterocycles. The van der Waals surface area contributed by atoms with Gasteiger partial charge in [-0.05, 0) is 0 Å². The summed E-state index contributed by atoms with van der Waals surface area (Å²) in [6, 6.07) is -1.65. The van der Waals surface area contributed by atoms with Crippen LogP contribution in [-0.2, 0) is 38.0 Å². The molecular weight excluding hydrogens is 662 g/mol. The number of carbonyl (C=O) groups excluding carboxylic acids is 2. The van der Waals surface area contributed by atoms with E-state index < -0.39 is 149 Å². The first kappa shape index (κ1) is 40.8. The number of aldehydes is 1. The van der Waals surface area contributed by atoms with Crippen LogP contribution in [0.15, 0.2) is 0 Å². The fourth-order valence-corrected chi connectivity index (χ4v) is 5.43. The first-order chi connectivity index (χ1) is 22.6. The Balaban J connectivity index is 2.07. The van der Waals surface area contributed by atoms with Crippen molar-refractivity contribution in [2.45, 2.75) is 123 Å². The van der Waals surface area contributed by atoms with Gasteiger partial charge in [-0.25, -0.2) is 0 Å². The van der Waals surface area contributed by atoms with Crippen molar-refractivity contribution in [3.8, 4) is 0 Å². The number of hydrogen-bond donors (Lipinski definition) is 14. The molecule has 0 spiro atoms. The molecule has 0 saturated carbocycles. The summed E-state index contributed by atoms with van der Waals surface area (Å²) in [6.45, 7) is -2.89. The van der Waals surface area contributed by atoms with Crippen molar-refractivity contribution in [1.29, 1.82) is 0 Å². The SMILES string of the molecule is CC(=O)N[C@H]1[C@H](O[C@@H]([C@H](O[C@H]2O[C@H](CO)[C@H](O)[C@H](O)[C@H]2O)[C@H](C=O)O[C@@H]2O[C@H](CO)[C@H](O)[C@H](O)[C@H]2O)[C@H](O)CO)O[C@H](CO)[C@H](O)[C@@H]1O. The number of rotatable bonds is 15. The molecule has 3 fully saturated rings. The van der Waals surface area contributed by atoms with Crippen LogP contribution < -0.4 is 5.32 Å². The molecule has 3 rings (SSSR count). The van der Waals surface area contributed by atoms with Crippen LogP contribution >= 0.6 is 0 Å². The Bertz CT molecular complexity index is 1010. The molecule has 1 amide bonds. The molecule has 3 heterocycles. The van der Waals surface area contributed by atoms with Gasteiger partial charge in [-0.3, -0.25) is 4.79 Å². The summed E-state index contributed by atoms with van der Waals surface area (Å²) < 4.78 is 33.2. The van der Waals surface area contributed by atoms with Gasteiger partial charge in [0.2, 0.25) is 5.91 Å². The normalized spacial score (nSPS) is 43.2. The lowest BCUT2D eigenvalue weighted by Gasteiger charge is -2.47. The highest BCUT2D eigenvalue weighted by Crippen LogP contribution is 2.31. The smallest absolute Gasteiger partial charge is 0.217 e. The average Bonchev–Trinajstić information content (AvgIpc) is 3.07. The highest BCUT2D eigenvalue weighted by atomic mass is 16.8. The number of hydrogen-bond acceptors (Lipinski definition) is 21. The minimum atomic E-state index is -2.18. The fourth-order valence-electron chi connectivity index (χ4n) is 5.43. The van der Waals surface area contributed by atoms with Crippen LogP contribution in [0.4, 0.5) is 0 Å². The molecule has 0 unspecified atom stereocenters. The Kier molecular flexibility index (Phi) is 15.3. The van der Waals surface area contributed by atoms with E-state index in [4.69, 9.17) is 28.4 Å². The topological polar surface area (TPSA) is 365 Å². The summed E-state index contributed by atoms with van der Waals surface area (Å²) >= 11 is 0. The van der Waals surface area contributed by atoms with Crippen molar-refractivity contribution >= 4 is 12.2 Å². The number of amides is 1. The van der Waals surface area contributed by atoms with Gasteiger partial charge >= 0.3 is 0 Å². The Morgan fingerprint density at radius 1 is 0.646 bits per heavy atom. The predicted molar refractivity (Wildman–Crippen MR) is 147 cm³/mol. The van der Waals surface area contributed by atoms with Crippen LogP contribution in [0.3, 0.4) is 0 Å². The number of aliphatic hydroxyl groups is 13. The van der Waals surface area contributed by atoms with Crippen molar-refractivity contribution in [3.05, 3.63) is 0 Å². The summed E-state index contributed by atoms with van der Waals surface area (Å²) in [4.78, 5) is 24.5. The van der Waals surface area contributed by atoms with Crippen molar-refractivity contribution in [3.63, 3.8) is 0 Å². The van der Waals surface area contributed by atoms with Gasteiger partial charge in [0.25, 0.3) is 0 Å². The van der Waals surface area contributed by atoms with Gasteiger partial charge in [-0.15, -0.1) is 0 Å². The van der Waals surface area contributed by atoms with Gasteiger partial charge in [0.1, 0.15) is 97.6 Å². The molecule has 22 heteroatoms. The Morgan fingerprint density at radius 2 is 1.06 bits per heavy atom. The minimum absolute atomic E-state index is 0.0290.